The van der Waals surface area contributed by atoms with Crippen LogP contribution < -0.4 is 10.6 Å². The van der Waals surface area contributed by atoms with Crippen LogP contribution in [0, 0.1) is 5.82 Å². The van der Waals surface area contributed by atoms with Crippen LogP contribution in [0.5, 0.6) is 0 Å². The summed E-state index contributed by atoms with van der Waals surface area (Å²) in [5.41, 5.74) is 0.619. The molecule has 1 heterocycles. The molecular formula is C16H19FN2O2. The topological polar surface area (TPSA) is 54.3 Å². The van der Waals surface area contributed by atoms with E-state index in [1.54, 1.807) is 24.5 Å². The Kier molecular flexibility index (Phi) is 5.97. The molecule has 0 unspecified atom stereocenters. The van der Waals surface area contributed by atoms with Crippen molar-refractivity contribution in [3.8, 4) is 0 Å². The van der Waals surface area contributed by atoms with Crippen molar-refractivity contribution in [2.75, 3.05) is 13.1 Å². The second-order valence-electron chi connectivity index (χ2n) is 4.70. The third-order valence-electron chi connectivity index (χ3n) is 3.08. The van der Waals surface area contributed by atoms with Crippen LogP contribution in [0.1, 0.15) is 17.7 Å². The average Bonchev–Trinajstić information content (AvgIpc) is 2.99. The van der Waals surface area contributed by atoms with Crippen LogP contribution in [0.2, 0.25) is 0 Å². The highest BCUT2D eigenvalue weighted by atomic mass is 19.1. The van der Waals surface area contributed by atoms with Crippen LogP contribution in [0.25, 0.3) is 0 Å². The Labute approximate surface area is 123 Å². The van der Waals surface area contributed by atoms with Gasteiger partial charge in [-0.1, -0.05) is 18.2 Å². The zero-order valence-electron chi connectivity index (χ0n) is 11.8. The molecule has 0 saturated heterocycles. The number of nitrogens with one attached hydrogen (secondary N) is 2. The molecule has 1 aromatic heterocycles. The molecule has 1 aromatic carbocycles. The van der Waals surface area contributed by atoms with Gasteiger partial charge in [0.15, 0.2) is 0 Å². The lowest BCUT2D eigenvalue weighted by Crippen LogP contribution is -2.29. The number of hydrogen-bond donors (Lipinski definition) is 2. The minimum atomic E-state index is -0.230. The van der Waals surface area contributed by atoms with E-state index in [4.69, 9.17) is 4.42 Å². The van der Waals surface area contributed by atoms with Gasteiger partial charge in [0.2, 0.25) is 5.91 Å². The molecule has 0 bridgehead atoms. The number of hydrogen-bond acceptors (Lipinski definition) is 3. The standard InChI is InChI=1S/C16H19FN2O2/c17-15-6-2-1-4-13(15)7-10-19-16(20)8-9-18-12-14-5-3-11-21-14/h1-6,11,18H,7-10,12H2,(H,19,20). The summed E-state index contributed by atoms with van der Waals surface area (Å²) in [6.07, 6.45) is 2.50. The first-order chi connectivity index (χ1) is 10.3. The first-order valence-corrected chi connectivity index (χ1v) is 6.99. The average molecular weight is 290 g/mol. The van der Waals surface area contributed by atoms with E-state index in [1.807, 2.05) is 12.1 Å². The van der Waals surface area contributed by atoms with Crippen molar-refractivity contribution in [3.05, 3.63) is 59.8 Å². The van der Waals surface area contributed by atoms with Crippen molar-refractivity contribution >= 4 is 5.91 Å². The Bertz CT molecular complexity index is 555. The van der Waals surface area contributed by atoms with Crippen molar-refractivity contribution < 1.29 is 13.6 Å². The molecule has 0 aliphatic carbocycles. The van der Waals surface area contributed by atoms with E-state index in [2.05, 4.69) is 10.6 Å². The molecule has 2 rings (SSSR count). The first-order valence-electron chi connectivity index (χ1n) is 6.99. The lowest BCUT2D eigenvalue weighted by atomic mass is 10.1. The van der Waals surface area contributed by atoms with Gasteiger partial charge in [0.05, 0.1) is 12.8 Å². The predicted molar refractivity (Wildman–Crippen MR) is 78.1 cm³/mol. The quantitative estimate of drug-likeness (QED) is 0.733. The third kappa shape index (κ3) is 5.39. The Morgan fingerprint density at radius 3 is 2.76 bits per heavy atom. The Morgan fingerprint density at radius 1 is 1.14 bits per heavy atom. The Balaban J connectivity index is 1.56. The summed E-state index contributed by atoms with van der Waals surface area (Å²) in [5, 5.41) is 5.90. The lowest BCUT2D eigenvalue weighted by molar-refractivity contribution is -0.120. The fourth-order valence-corrected chi connectivity index (χ4v) is 1.95. The maximum atomic E-state index is 13.4. The number of rotatable bonds is 8. The molecule has 2 aromatic rings. The van der Waals surface area contributed by atoms with Gasteiger partial charge < -0.3 is 15.1 Å². The summed E-state index contributed by atoms with van der Waals surface area (Å²) in [5.74, 6) is 0.570. The number of halogens is 1. The molecule has 5 heteroatoms. The van der Waals surface area contributed by atoms with Crippen molar-refractivity contribution in [2.24, 2.45) is 0 Å². The molecule has 1 amide bonds. The van der Waals surface area contributed by atoms with Gasteiger partial charge >= 0.3 is 0 Å². The Morgan fingerprint density at radius 2 is 2.00 bits per heavy atom. The van der Waals surface area contributed by atoms with Crippen molar-refractivity contribution in [2.45, 2.75) is 19.4 Å². The summed E-state index contributed by atoms with van der Waals surface area (Å²) >= 11 is 0. The summed E-state index contributed by atoms with van der Waals surface area (Å²) in [6.45, 7) is 1.62. The lowest BCUT2D eigenvalue weighted by Gasteiger charge is -2.06. The van der Waals surface area contributed by atoms with Gasteiger partial charge in [0.1, 0.15) is 11.6 Å². The molecule has 0 aliphatic rings. The smallest absolute Gasteiger partial charge is 0.221 e. The summed E-state index contributed by atoms with van der Waals surface area (Å²) < 4.78 is 18.5. The maximum absolute atomic E-state index is 13.4. The van der Waals surface area contributed by atoms with Crippen LogP contribution in [-0.4, -0.2) is 19.0 Å². The number of carbonyl (C=O) groups is 1. The van der Waals surface area contributed by atoms with Gasteiger partial charge in [-0.25, -0.2) is 4.39 Å². The molecule has 0 aliphatic heterocycles. The van der Waals surface area contributed by atoms with E-state index < -0.39 is 0 Å². The van der Waals surface area contributed by atoms with Crippen LogP contribution >= 0.6 is 0 Å². The highest BCUT2D eigenvalue weighted by Crippen LogP contribution is 2.06. The first kappa shape index (κ1) is 15.3. The molecule has 4 nitrogen and oxygen atoms in total. The largest absolute Gasteiger partial charge is 0.468 e. The number of furan rings is 1. The molecule has 0 spiro atoms. The second-order valence-corrected chi connectivity index (χ2v) is 4.70. The van der Waals surface area contributed by atoms with Crippen molar-refractivity contribution in [1.29, 1.82) is 0 Å². The van der Waals surface area contributed by atoms with Crippen molar-refractivity contribution in [3.63, 3.8) is 0 Å². The predicted octanol–water partition coefficient (Wildman–Crippen LogP) is 2.26. The van der Waals surface area contributed by atoms with E-state index in [9.17, 15) is 9.18 Å². The second kappa shape index (κ2) is 8.21. The van der Waals surface area contributed by atoms with Crippen LogP contribution in [0.15, 0.2) is 47.1 Å². The molecule has 112 valence electrons. The minimum absolute atomic E-state index is 0.0433. The number of carbonyl (C=O) groups excluding carboxylic acids is 1. The number of amides is 1. The van der Waals surface area contributed by atoms with Gasteiger partial charge in [0, 0.05) is 19.5 Å². The maximum Gasteiger partial charge on any atom is 0.221 e. The zero-order chi connectivity index (χ0) is 14.9. The van der Waals surface area contributed by atoms with E-state index >= 15 is 0 Å². The summed E-state index contributed by atoms with van der Waals surface area (Å²) in [4.78, 5) is 11.6. The molecule has 0 fully saturated rings. The fourth-order valence-electron chi connectivity index (χ4n) is 1.95. The summed E-state index contributed by atoms with van der Waals surface area (Å²) in [6, 6.07) is 10.3. The zero-order valence-corrected chi connectivity index (χ0v) is 11.8. The molecule has 0 atom stereocenters. The van der Waals surface area contributed by atoms with Crippen LogP contribution in [-0.2, 0) is 17.8 Å². The minimum Gasteiger partial charge on any atom is -0.468 e. The van der Waals surface area contributed by atoms with E-state index in [-0.39, 0.29) is 11.7 Å². The van der Waals surface area contributed by atoms with Gasteiger partial charge in [-0.15, -0.1) is 0 Å². The molecule has 0 saturated carbocycles. The highest BCUT2D eigenvalue weighted by molar-refractivity contribution is 5.76. The van der Waals surface area contributed by atoms with E-state index in [0.717, 1.165) is 5.76 Å². The highest BCUT2D eigenvalue weighted by Gasteiger charge is 2.03. The SMILES string of the molecule is O=C(CCNCc1ccco1)NCCc1ccccc1F. The normalized spacial score (nSPS) is 10.5. The van der Waals surface area contributed by atoms with Crippen LogP contribution in [0.4, 0.5) is 4.39 Å². The van der Waals surface area contributed by atoms with Crippen LogP contribution in [0.3, 0.4) is 0 Å². The third-order valence-corrected chi connectivity index (χ3v) is 3.08. The van der Waals surface area contributed by atoms with E-state index in [1.165, 1.54) is 6.07 Å². The fraction of sp³-hybridized carbons (Fsp3) is 0.312. The molecule has 2 N–H and O–H groups in total. The molecule has 0 radical (unpaired) electrons. The number of benzene rings is 1. The monoisotopic (exact) mass is 290 g/mol. The van der Waals surface area contributed by atoms with E-state index in [0.29, 0.717) is 38.0 Å². The van der Waals surface area contributed by atoms with Crippen molar-refractivity contribution in [1.82, 2.24) is 10.6 Å². The molecule has 21 heavy (non-hydrogen) atoms. The van der Waals surface area contributed by atoms with Gasteiger partial charge in [-0.05, 0) is 30.2 Å². The molecular weight excluding hydrogens is 271 g/mol. The van der Waals surface area contributed by atoms with Gasteiger partial charge in [-0.3, -0.25) is 4.79 Å². The van der Waals surface area contributed by atoms with Gasteiger partial charge in [-0.2, -0.15) is 0 Å². The Hall–Kier alpha value is -2.14. The summed E-state index contributed by atoms with van der Waals surface area (Å²) in [7, 11) is 0. The van der Waals surface area contributed by atoms with Gasteiger partial charge in [0.25, 0.3) is 0 Å².